The Morgan fingerprint density at radius 1 is 0.900 bits per heavy atom. The van der Waals surface area contributed by atoms with E-state index in [0.29, 0.717) is 19.6 Å². The zero-order chi connectivity index (χ0) is 16.2. The predicted octanol–water partition coefficient (Wildman–Crippen LogP) is 3.93. The minimum absolute atomic E-state index is 0.0250. The van der Waals surface area contributed by atoms with Crippen LogP contribution in [0, 0.1) is 16.2 Å². The normalized spacial score (nSPS) is 14.6. The van der Waals surface area contributed by atoms with E-state index in [0.717, 1.165) is 0 Å². The largest absolute Gasteiger partial charge is 0.381 e. The number of rotatable bonds is 7. The van der Waals surface area contributed by atoms with Crippen LogP contribution in [0.2, 0.25) is 0 Å². The number of ether oxygens (including phenoxy) is 1. The van der Waals surface area contributed by atoms with Crippen molar-refractivity contribution < 1.29 is 13.2 Å². The van der Waals surface area contributed by atoms with E-state index in [9.17, 15) is 8.42 Å². The van der Waals surface area contributed by atoms with Gasteiger partial charge in [-0.15, -0.1) is 0 Å². The lowest BCUT2D eigenvalue weighted by Gasteiger charge is -2.38. The van der Waals surface area contributed by atoms with Gasteiger partial charge in [-0.2, -0.15) is 0 Å². The van der Waals surface area contributed by atoms with Gasteiger partial charge in [-0.05, 0) is 22.7 Å². The Hall–Kier alpha value is -0.0900. The van der Waals surface area contributed by atoms with Gasteiger partial charge in [0.2, 0.25) is 0 Å². The molecular formula is C16H34O3S. The number of sulfone groups is 1. The average molecular weight is 307 g/mol. The molecule has 0 aromatic carbocycles. The van der Waals surface area contributed by atoms with E-state index in [1.807, 2.05) is 13.8 Å². The third kappa shape index (κ3) is 8.25. The summed E-state index contributed by atoms with van der Waals surface area (Å²) in [6.07, 6.45) is 0.582. The molecule has 0 unspecified atom stereocenters. The van der Waals surface area contributed by atoms with Crippen molar-refractivity contribution in [1.82, 2.24) is 0 Å². The molecule has 0 aliphatic carbocycles. The minimum atomic E-state index is -3.02. The summed E-state index contributed by atoms with van der Waals surface area (Å²) in [5.41, 5.74) is -0.117. The molecule has 0 bridgehead atoms. The molecule has 0 aliphatic heterocycles. The Kier molecular flexibility index (Phi) is 6.75. The lowest BCUT2D eigenvalue weighted by molar-refractivity contribution is 0.0719. The lowest BCUT2D eigenvalue weighted by Crippen LogP contribution is -2.37. The van der Waals surface area contributed by atoms with Crippen LogP contribution in [0.25, 0.3) is 0 Å². The van der Waals surface area contributed by atoms with E-state index >= 15 is 0 Å². The molecule has 0 aromatic rings. The number of hydrogen-bond donors (Lipinski definition) is 0. The quantitative estimate of drug-likeness (QED) is 0.669. The van der Waals surface area contributed by atoms with Crippen LogP contribution in [0.15, 0.2) is 0 Å². The van der Waals surface area contributed by atoms with E-state index in [2.05, 4.69) is 41.5 Å². The first-order chi connectivity index (χ1) is 8.66. The maximum atomic E-state index is 12.2. The second kappa shape index (κ2) is 6.78. The first kappa shape index (κ1) is 19.9. The van der Waals surface area contributed by atoms with Gasteiger partial charge in [0, 0.05) is 6.61 Å². The third-order valence-corrected chi connectivity index (χ3v) is 5.96. The smallest absolute Gasteiger partial charge is 0.150 e. The molecule has 0 N–H and O–H groups in total. The van der Waals surface area contributed by atoms with Crippen LogP contribution in [-0.4, -0.2) is 33.1 Å². The van der Waals surface area contributed by atoms with Crippen LogP contribution >= 0.6 is 0 Å². The molecule has 20 heavy (non-hydrogen) atoms. The Morgan fingerprint density at radius 3 is 1.80 bits per heavy atom. The fraction of sp³-hybridized carbons (Fsp3) is 1.00. The summed E-state index contributed by atoms with van der Waals surface area (Å²) in [5, 5.41) is 0. The second-order valence-electron chi connectivity index (χ2n) is 8.69. The highest BCUT2D eigenvalue weighted by Gasteiger charge is 2.36. The van der Waals surface area contributed by atoms with Crippen LogP contribution in [0.5, 0.6) is 0 Å². The standard InChI is InChI=1S/C16H34O3S/c1-14(2,3)12-19-10-9-11-20(17,18)13-16(7,8)15(4,5)6/h9-13H2,1-8H3. The molecular weight excluding hydrogens is 272 g/mol. The van der Waals surface area contributed by atoms with E-state index in [1.54, 1.807) is 0 Å². The third-order valence-electron chi connectivity index (χ3n) is 3.89. The lowest BCUT2D eigenvalue weighted by atomic mass is 9.71. The van der Waals surface area contributed by atoms with Gasteiger partial charge in [0.1, 0.15) is 0 Å². The summed E-state index contributed by atoms with van der Waals surface area (Å²) in [6.45, 7) is 17.8. The van der Waals surface area contributed by atoms with Crippen LogP contribution in [0.3, 0.4) is 0 Å². The van der Waals surface area contributed by atoms with Crippen molar-refractivity contribution in [3.63, 3.8) is 0 Å². The Balaban J connectivity index is 4.23. The van der Waals surface area contributed by atoms with Crippen LogP contribution in [-0.2, 0) is 14.6 Å². The molecule has 0 saturated carbocycles. The van der Waals surface area contributed by atoms with Gasteiger partial charge in [0.15, 0.2) is 9.84 Å². The fourth-order valence-corrected chi connectivity index (χ4v) is 3.83. The molecule has 0 aromatic heterocycles. The van der Waals surface area contributed by atoms with Crippen molar-refractivity contribution in [3.05, 3.63) is 0 Å². The maximum Gasteiger partial charge on any atom is 0.150 e. The summed E-state index contributed by atoms with van der Waals surface area (Å²) in [5.74, 6) is 0.458. The van der Waals surface area contributed by atoms with Crippen LogP contribution in [0.4, 0.5) is 0 Å². The molecule has 3 nitrogen and oxygen atoms in total. The zero-order valence-corrected chi connectivity index (χ0v) is 15.5. The SMILES string of the molecule is CC(C)(C)COCCCS(=O)(=O)CC(C)(C)C(C)(C)C. The van der Waals surface area contributed by atoms with Gasteiger partial charge < -0.3 is 4.74 Å². The van der Waals surface area contributed by atoms with Gasteiger partial charge in [-0.1, -0.05) is 55.4 Å². The highest BCUT2D eigenvalue weighted by molar-refractivity contribution is 7.91. The maximum absolute atomic E-state index is 12.2. The first-order valence-corrected chi connectivity index (χ1v) is 9.27. The van der Waals surface area contributed by atoms with Gasteiger partial charge in [0.05, 0.1) is 18.1 Å². The van der Waals surface area contributed by atoms with Gasteiger partial charge >= 0.3 is 0 Å². The minimum Gasteiger partial charge on any atom is -0.381 e. The summed E-state index contributed by atoms with van der Waals surface area (Å²) >= 11 is 0. The van der Waals surface area contributed by atoms with Gasteiger partial charge in [-0.3, -0.25) is 0 Å². The van der Waals surface area contributed by atoms with E-state index < -0.39 is 9.84 Å². The van der Waals surface area contributed by atoms with Crippen molar-refractivity contribution in [1.29, 1.82) is 0 Å². The number of hydrogen-bond acceptors (Lipinski definition) is 3. The van der Waals surface area contributed by atoms with Gasteiger partial charge in [0.25, 0.3) is 0 Å². The summed E-state index contributed by atoms with van der Waals surface area (Å²) in [6, 6.07) is 0. The predicted molar refractivity (Wildman–Crippen MR) is 86.8 cm³/mol. The molecule has 4 heteroatoms. The molecule has 0 amide bonds. The average Bonchev–Trinajstić information content (AvgIpc) is 2.10. The molecule has 0 aliphatic rings. The van der Waals surface area contributed by atoms with Crippen molar-refractivity contribution in [2.24, 2.45) is 16.2 Å². The van der Waals surface area contributed by atoms with E-state index in [-0.39, 0.29) is 27.8 Å². The van der Waals surface area contributed by atoms with Crippen molar-refractivity contribution in [3.8, 4) is 0 Å². The second-order valence-corrected chi connectivity index (χ2v) is 10.9. The van der Waals surface area contributed by atoms with E-state index in [4.69, 9.17) is 4.74 Å². The van der Waals surface area contributed by atoms with Crippen LogP contribution < -0.4 is 0 Å². The Morgan fingerprint density at radius 2 is 1.40 bits per heavy atom. The van der Waals surface area contributed by atoms with Gasteiger partial charge in [-0.25, -0.2) is 8.42 Å². The summed E-state index contributed by atoms with van der Waals surface area (Å²) < 4.78 is 29.9. The molecule has 0 atom stereocenters. The highest BCUT2D eigenvalue weighted by Crippen LogP contribution is 2.39. The highest BCUT2D eigenvalue weighted by atomic mass is 32.2. The monoisotopic (exact) mass is 306 g/mol. The van der Waals surface area contributed by atoms with Crippen LogP contribution in [0.1, 0.15) is 61.8 Å². The Labute approximate surface area is 126 Å². The summed E-state index contributed by atoms with van der Waals surface area (Å²) in [4.78, 5) is 0. The molecule has 0 heterocycles. The topological polar surface area (TPSA) is 43.4 Å². The molecule has 0 saturated heterocycles. The van der Waals surface area contributed by atoms with Crippen molar-refractivity contribution in [2.45, 2.75) is 61.8 Å². The summed E-state index contributed by atoms with van der Waals surface area (Å²) in [7, 11) is -3.02. The first-order valence-electron chi connectivity index (χ1n) is 7.45. The fourth-order valence-electron chi connectivity index (χ4n) is 1.60. The molecule has 0 rings (SSSR count). The van der Waals surface area contributed by atoms with E-state index in [1.165, 1.54) is 0 Å². The molecule has 0 radical (unpaired) electrons. The Bertz CT molecular complexity index is 381. The zero-order valence-electron chi connectivity index (χ0n) is 14.7. The van der Waals surface area contributed by atoms with Crippen molar-refractivity contribution in [2.75, 3.05) is 24.7 Å². The molecule has 122 valence electrons. The molecule has 0 spiro atoms. The van der Waals surface area contributed by atoms with Crippen molar-refractivity contribution >= 4 is 9.84 Å². The molecule has 0 fully saturated rings.